The van der Waals surface area contributed by atoms with Crippen LogP contribution in [-0.2, 0) is 16.3 Å². The van der Waals surface area contributed by atoms with E-state index in [1.807, 2.05) is 6.92 Å². The second kappa shape index (κ2) is 6.70. The first kappa shape index (κ1) is 15.7. The lowest BCUT2D eigenvalue weighted by Crippen LogP contribution is -2.25. The molecule has 0 radical (unpaired) electrons. The Morgan fingerprint density at radius 3 is 2.47 bits per heavy atom. The number of aromatic nitrogens is 2. The maximum absolute atomic E-state index is 11.2. The molecule has 0 aliphatic heterocycles. The molecule has 1 rings (SSSR count). The summed E-state index contributed by atoms with van der Waals surface area (Å²) in [5.74, 6) is 2.21. The summed E-state index contributed by atoms with van der Waals surface area (Å²) in [4.78, 5) is 8.73. The van der Waals surface area contributed by atoms with Crippen molar-refractivity contribution in [2.45, 2.75) is 32.7 Å². The third-order valence-corrected chi connectivity index (χ3v) is 3.55. The molecule has 0 saturated heterocycles. The quantitative estimate of drug-likeness (QED) is 0.786. The van der Waals surface area contributed by atoms with Gasteiger partial charge in [-0.25, -0.2) is 18.4 Å². The van der Waals surface area contributed by atoms with E-state index >= 15 is 0 Å². The predicted octanol–water partition coefficient (Wildman–Crippen LogP) is 1.32. The molecule has 0 amide bonds. The molecule has 1 unspecified atom stereocenters. The Morgan fingerprint density at radius 2 is 1.95 bits per heavy atom. The minimum absolute atomic E-state index is 0.0784. The average Bonchev–Trinajstić information content (AvgIpc) is 2.26. The largest absolute Gasteiger partial charge is 0.373 e. The molecule has 0 spiro atoms. The first-order chi connectivity index (χ1) is 8.84. The molecule has 2 N–H and O–H groups in total. The lowest BCUT2D eigenvalue weighted by Gasteiger charge is -2.15. The molecule has 1 aromatic heterocycles. The molecule has 1 aromatic rings. The maximum Gasteiger partial charge on any atom is 0.149 e. The number of nitrogens with one attached hydrogen (secondary N) is 2. The van der Waals surface area contributed by atoms with E-state index in [0.29, 0.717) is 5.82 Å². The van der Waals surface area contributed by atoms with E-state index < -0.39 is 9.84 Å². The second-order valence-corrected chi connectivity index (χ2v) is 6.88. The van der Waals surface area contributed by atoms with Crippen LogP contribution in [0.2, 0.25) is 0 Å². The normalized spacial score (nSPS) is 13.1. The van der Waals surface area contributed by atoms with Crippen LogP contribution in [0.1, 0.15) is 26.1 Å². The SMILES string of the molecule is CCCc1nc(NC)cc(NC(C)CS(C)(=O)=O)n1. The van der Waals surface area contributed by atoms with E-state index in [0.717, 1.165) is 24.5 Å². The average molecular weight is 286 g/mol. The second-order valence-electron chi connectivity index (χ2n) is 4.69. The van der Waals surface area contributed by atoms with Crippen LogP contribution in [0, 0.1) is 0 Å². The summed E-state index contributed by atoms with van der Waals surface area (Å²) in [6.45, 7) is 3.89. The Kier molecular flexibility index (Phi) is 5.53. The number of sulfone groups is 1. The van der Waals surface area contributed by atoms with Crippen LogP contribution in [0.3, 0.4) is 0 Å². The highest BCUT2D eigenvalue weighted by atomic mass is 32.2. The van der Waals surface area contributed by atoms with Crippen molar-refractivity contribution in [1.29, 1.82) is 0 Å². The number of hydrogen-bond acceptors (Lipinski definition) is 6. The van der Waals surface area contributed by atoms with E-state index in [1.54, 1.807) is 13.1 Å². The molecule has 0 saturated carbocycles. The number of hydrogen-bond donors (Lipinski definition) is 2. The minimum Gasteiger partial charge on any atom is -0.373 e. The van der Waals surface area contributed by atoms with Crippen molar-refractivity contribution in [2.24, 2.45) is 0 Å². The monoisotopic (exact) mass is 286 g/mol. The van der Waals surface area contributed by atoms with E-state index in [-0.39, 0.29) is 11.8 Å². The van der Waals surface area contributed by atoms with Crippen molar-refractivity contribution in [3.8, 4) is 0 Å². The van der Waals surface area contributed by atoms with Gasteiger partial charge in [0.05, 0.1) is 5.75 Å². The summed E-state index contributed by atoms with van der Waals surface area (Å²) < 4.78 is 22.5. The molecule has 0 aromatic carbocycles. The van der Waals surface area contributed by atoms with Crippen LogP contribution in [0.25, 0.3) is 0 Å². The third-order valence-electron chi connectivity index (χ3n) is 2.45. The van der Waals surface area contributed by atoms with Gasteiger partial charge in [0, 0.05) is 31.8 Å². The fraction of sp³-hybridized carbons (Fsp3) is 0.667. The number of anilines is 2. The summed E-state index contributed by atoms with van der Waals surface area (Å²) in [5, 5.41) is 6.08. The highest BCUT2D eigenvalue weighted by molar-refractivity contribution is 7.90. The molecule has 0 fully saturated rings. The van der Waals surface area contributed by atoms with Crippen molar-refractivity contribution >= 4 is 21.5 Å². The van der Waals surface area contributed by atoms with E-state index in [2.05, 4.69) is 27.5 Å². The van der Waals surface area contributed by atoms with Crippen molar-refractivity contribution < 1.29 is 8.42 Å². The summed E-state index contributed by atoms with van der Waals surface area (Å²) >= 11 is 0. The first-order valence-electron chi connectivity index (χ1n) is 6.34. The van der Waals surface area contributed by atoms with Gasteiger partial charge in [0.1, 0.15) is 27.3 Å². The Labute approximate surface area is 115 Å². The van der Waals surface area contributed by atoms with Crippen molar-refractivity contribution in [1.82, 2.24) is 9.97 Å². The molecule has 0 aliphatic carbocycles. The van der Waals surface area contributed by atoms with Crippen LogP contribution in [0.5, 0.6) is 0 Å². The van der Waals surface area contributed by atoms with Gasteiger partial charge in [-0.05, 0) is 13.3 Å². The Balaban J connectivity index is 2.84. The highest BCUT2D eigenvalue weighted by Crippen LogP contribution is 2.13. The molecule has 0 bridgehead atoms. The zero-order valence-electron chi connectivity index (χ0n) is 11.9. The number of aryl methyl sites for hydroxylation is 1. The van der Waals surface area contributed by atoms with Gasteiger partial charge >= 0.3 is 0 Å². The predicted molar refractivity (Wildman–Crippen MR) is 78.4 cm³/mol. The maximum atomic E-state index is 11.2. The Bertz CT molecular complexity index is 516. The Hall–Kier alpha value is -1.37. The zero-order chi connectivity index (χ0) is 14.5. The molecule has 19 heavy (non-hydrogen) atoms. The van der Waals surface area contributed by atoms with Gasteiger partial charge in [0.15, 0.2) is 0 Å². The number of rotatable bonds is 7. The molecular weight excluding hydrogens is 264 g/mol. The van der Waals surface area contributed by atoms with Gasteiger partial charge in [-0.1, -0.05) is 6.92 Å². The van der Waals surface area contributed by atoms with Crippen LogP contribution in [0.15, 0.2) is 6.07 Å². The molecule has 1 atom stereocenters. The fourth-order valence-corrected chi connectivity index (χ4v) is 2.77. The van der Waals surface area contributed by atoms with Gasteiger partial charge in [-0.3, -0.25) is 0 Å². The van der Waals surface area contributed by atoms with E-state index in [1.165, 1.54) is 6.26 Å². The van der Waals surface area contributed by atoms with Crippen LogP contribution in [0.4, 0.5) is 11.6 Å². The van der Waals surface area contributed by atoms with Gasteiger partial charge in [0.25, 0.3) is 0 Å². The van der Waals surface area contributed by atoms with Crippen LogP contribution < -0.4 is 10.6 Å². The van der Waals surface area contributed by atoms with Gasteiger partial charge in [-0.15, -0.1) is 0 Å². The molecule has 108 valence electrons. The Morgan fingerprint density at radius 1 is 1.32 bits per heavy atom. The summed E-state index contributed by atoms with van der Waals surface area (Å²) in [6.07, 6.45) is 2.99. The molecule has 1 heterocycles. The smallest absolute Gasteiger partial charge is 0.149 e. The topological polar surface area (TPSA) is 84.0 Å². The first-order valence-corrected chi connectivity index (χ1v) is 8.40. The van der Waals surface area contributed by atoms with E-state index in [4.69, 9.17) is 0 Å². The summed E-state index contributed by atoms with van der Waals surface area (Å²) in [7, 11) is -1.21. The van der Waals surface area contributed by atoms with Gasteiger partial charge in [-0.2, -0.15) is 0 Å². The third kappa shape index (κ3) is 5.87. The summed E-state index contributed by atoms with van der Waals surface area (Å²) in [5.41, 5.74) is 0. The van der Waals surface area contributed by atoms with Crippen LogP contribution in [-0.4, -0.2) is 43.5 Å². The molecule has 7 heteroatoms. The number of nitrogens with zero attached hydrogens (tertiary/aromatic N) is 2. The molecular formula is C12H22N4O2S. The molecule has 6 nitrogen and oxygen atoms in total. The standard InChI is InChI=1S/C12H22N4O2S/c1-5-6-10-15-11(13-3)7-12(16-10)14-9(2)8-19(4,17)18/h7,9H,5-6,8H2,1-4H3,(H2,13,14,15,16). The summed E-state index contributed by atoms with van der Waals surface area (Å²) in [6, 6.07) is 1.59. The fourth-order valence-electron chi connectivity index (χ4n) is 1.78. The van der Waals surface area contributed by atoms with Gasteiger partial charge in [0.2, 0.25) is 0 Å². The van der Waals surface area contributed by atoms with E-state index in [9.17, 15) is 8.42 Å². The molecule has 0 aliphatic rings. The highest BCUT2D eigenvalue weighted by Gasteiger charge is 2.12. The van der Waals surface area contributed by atoms with Crippen molar-refractivity contribution in [3.05, 3.63) is 11.9 Å². The lowest BCUT2D eigenvalue weighted by atomic mass is 10.3. The minimum atomic E-state index is -3.00. The van der Waals surface area contributed by atoms with Crippen LogP contribution >= 0.6 is 0 Å². The van der Waals surface area contributed by atoms with Gasteiger partial charge < -0.3 is 10.6 Å². The van der Waals surface area contributed by atoms with Crippen molar-refractivity contribution in [2.75, 3.05) is 29.7 Å². The lowest BCUT2D eigenvalue weighted by molar-refractivity contribution is 0.598. The zero-order valence-corrected chi connectivity index (χ0v) is 12.7. The van der Waals surface area contributed by atoms with Crippen molar-refractivity contribution in [3.63, 3.8) is 0 Å².